The number of aryl methyl sites for hydroxylation is 1. The molecule has 0 aliphatic heterocycles. The number of hydrogen-bond donors (Lipinski definition) is 1. The number of benzene rings is 1. The van der Waals surface area contributed by atoms with Crippen LogP contribution in [0.15, 0.2) is 24.3 Å². The van der Waals surface area contributed by atoms with Crippen LogP contribution < -0.4 is 14.8 Å². The topological polar surface area (TPSA) is 73.6 Å². The van der Waals surface area contributed by atoms with E-state index in [1.54, 1.807) is 24.8 Å². The first kappa shape index (κ1) is 15.4. The Balaban J connectivity index is 1.89. The highest BCUT2D eigenvalue weighted by atomic mass is 35.5. The van der Waals surface area contributed by atoms with Crippen molar-refractivity contribution in [2.75, 3.05) is 19.5 Å². The molecule has 3 rings (SSSR count). The standard InChI is InChI=1S/C15H16ClN5O2/c1-9-18-14-7-13(16)19-15(21(14)20-9)17-8-10-4-5-11(22-2)6-12(10)23-3/h4-7H,8H2,1-3H3,(H,17,19). The maximum atomic E-state index is 6.04. The highest BCUT2D eigenvalue weighted by Gasteiger charge is 2.10. The molecule has 7 nitrogen and oxygen atoms in total. The van der Waals surface area contributed by atoms with Gasteiger partial charge in [0.05, 0.1) is 14.2 Å². The van der Waals surface area contributed by atoms with Gasteiger partial charge in [-0.2, -0.15) is 4.52 Å². The average molecular weight is 334 g/mol. The maximum absolute atomic E-state index is 6.04. The van der Waals surface area contributed by atoms with E-state index in [-0.39, 0.29) is 0 Å². The summed E-state index contributed by atoms with van der Waals surface area (Å²) in [7, 11) is 3.24. The second kappa shape index (κ2) is 6.29. The van der Waals surface area contributed by atoms with Gasteiger partial charge in [-0.25, -0.2) is 9.97 Å². The van der Waals surface area contributed by atoms with Crippen LogP contribution in [0.25, 0.3) is 5.65 Å². The normalized spacial score (nSPS) is 10.8. The second-order valence-electron chi connectivity index (χ2n) is 4.86. The summed E-state index contributed by atoms with van der Waals surface area (Å²) in [6.07, 6.45) is 0. The minimum atomic E-state index is 0.356. The Morgan fingerprint density at radius 2 is 2.00 bits per heavy atom. The van der Waals surface area contributed by atoms with E-state index in [0.29, 0.717) is 29.1 Å². The van der Waals surface area contributed by atoms with Gasteiger partial charge in [0.15, 0.2) is 5.65 Å². The maximum Gasteiger partial charge on any atom is 0.227 e. The van der Waals surface area contributed by atoms with Gasteiger partial charge in [-0.3, -0.25) is 0 Å². The van der Waals surface area contributed by atoms with Crippen LogP contribution in [-0.2, 0) is 6.54 Å². The van der Waals surface area contributed by atoms with Crippen LogP contribution in [-0.4, -0.2) is 33.8 Å². The van der Waals surface area contributed by atoms with E-state index < -0.39 is 0 Å². The Morgan fingerprint density at radius 3 is 2.74 bits per heavy atom. The molecule has 0 fully saturated rings. The molecule has 2 heterocycles. The number of methoxy groups -OCH3 is 2. The van der Waals surface area contributed by atoms with E-state index >= 15 is 0 Å². The molecule has 120 valence electrons. The van der Waals surface area contributed by atoms with Gasteiger partial charge in [0.2, 0.25) is 5.95 Å². The Kier molecular flexibility index (Phi) is 4.20. The molecule has 0 aliphatic carbocycles. The van der Waals surface area contributed by atoms with Gasteiger partial charge < -0.3 is 14.8 Å². The summed E-state index contributed by atoms with van der Waals surface area (Å²) in [4.78, 5) is 8.56. The Labute approximate surface area is 138 Å². The molecular formula is C15H16ClN5O2. The molecule has 0 radical (unpaired) electrons. The Morgan fingerprint density at radius 1 is 1.17 bits per heavy atom. The average Bonchev–Trinajstić information content (AvgIpc) is 2.92. The predicted octanol–water partition coefficient (Wildman–Crippen LogP) is 2.72. The predicted molar refractivity (Wildman–Crippen MR) is 87.4 cm³/mol. The monoisotopic (exact) mass is 333 g/mol. The van der Waals surface area contributed by atoms with E-state index in [9.17, 15) is 0 Å². The van der Waals surface area contributed by atoms with Gasteiger partial charge in [-0.1, -0.05) is 11.6 Å². The fourth-order valence-corrected chi connectivity index (χ4v) is 2.43. The summed E-state index contributed by atoms with van der Waals surface area (Å²) in [6, 6.07) is 7.30. The lowest BCUT2D eigenvalue weighted by Crippen LogP contribution is -2.08. The van der Waals surface area contributed by atoms with Gasteiger partial charge in [0.1, 0.15) is 22.5 Å². The molecule has 0 amide bonds. The first-order valence-corrected chi connectivity index (χ1v) is 7.33. The number of anilines is 1. The zero-order valence-corrected chi connectivity index (χ0v) is 13.8. The SMILES string of the molecule is COc1ccc(CNc2nc(Cl)cc3nc(C)nn23)c(OC)c1. The van der Waals surface area contributed by atoms with Crippen molar-refractivity contribution in [2.45, 2.75) is 13.5 Å². The van der Waals surface area contributed by atoms with E-state index in [1.807, 2.05) is 25.1 Å². The van der Waals surface area contributed by atoms with Crippen LogP contribution in [0.3, 0.4) is 0 Å². The third kappa shape index (κ3) is 3.14. The highest BCUT2D eigenvalue weighted by molar-refractivity contribution is 6.29. The zero-order valence-electron chi connectivity index (χ0n) is 13.0. The van der Waals surface area contributed by atoms with Crippen LogP contribution in [0.2, 0.25) is 5.15 Å². The molecule has 1 N–H and O–H groups in total. The van der Waals surface area contributed by atoms with E-state index in [0.717, 1.165) is 17.1 Å². The third-order valence-corrected chi connectivity index (χ3v) is 3.52. The van der Waals surface area contributed by atoms with Crippen molar-refractivity contribution in [3.8, 4) is 11.5 Å². The number of hydrogen-bond acceptors (Lipinski definition) is 6. The summed E-state index contributed by atoms with van der Waals surface area (Å²) < 4.78 is 12.2. The summed E-state index contributed by atoms with van der Waals surface area (Å²) in [5.41, 5.74) is 1.60. The van der Waals surface area contributed by atoms with Crippen molar-refractivity contribution >= 4 is 23.2 Å². The van der Waals surface area contributed by atoms with Crippen molar-refractivity contribution in [3.63, 3.8) is 0 Å². The number of aromatic nitrogens is 4. The van der Waals surface area contributed by atoms with Crippen LogP contribution in [0.1, 0.15) is 11.4 Å². The number of halogens is 1. The molecule has 0 saturated carbocycles. The molecule has 0 bridgehead atoms. The van der Waals surface area contributed by atoms with Crippen LogP contribution >= 0.6 is 11.6 Å². The summed E-state index contributed by atoms with van der Waals surface area (Å²) >= 11 is 6.04. The molecule has 8 heteroatoms. The lowest BCUT2D eigenvalue weighted by Gasteiger charge is -2.12. The van der Waals surface area contributed by atoms with Crippen LogP contribution in [0.4, 0.5) is 5.95 Å². The molecule has 0 saturated heterocycles. The number of nitrogens with zero attached hydrogens (tertiary/aromatic N) is 4. The molecule has 0 atom stereocenters. The number of ether oxygens (including phenoxy) is 2. The Bertz CT molecular complexity index is 849. The fraction of sp³-hybridized carbons (Fsp3) is 0.267. The van der Waals surface area contributed by atoms with Crippen molar-refractivity contribution < 1.29 is 9.47 Å². The third-order valence-electron chi connectivity index (χ3n) is 3.33. The van der Waals surface area contributed by atoms with Crippen molar-refractivity contribution in [3.05, 3.63) is 40.8 Å². The zero-order chi connectivity index (χ0) is 16.4. The van der Waals surface area contributed by atoms with Gasteiger partial charge in [0, 0.05) is 24.2 Å². The van der Waals surface area contributed by atoms with E-state index in [1.165, 1.54) is 0 Å². The molecule has 0 aliphatic rings. The second-order valence-corrected chi connectivity index (χ2v) is 5.25. The molecule has 0 spiro atoms. The molecule has 3 aromatic rings. The summed E-state index contributed by atoms with van der Waals surface area (Å²) in [5.74, 6) is 2.63. The lowest BCUT2D eigenvalue weighted by atomic mass is 10.2. The van der Waals surface area contributed by atoms with Crippen molar-refractivity contribution in [1.82, 2.24) is 19.6 Å². The lowest BCUT2D eigenvalue weighted by molar-refractivity contribution is 0.391. The number of rotatable bonds is 5. The van der Waals surface area contributed by atoms with Crippen LogP contribution in [0, 0.1) is 6.92 Å². The number of fused-ring (bicyclic) bond motifs is 1. The fourth-order valence-electron chi connectivity index (χ4n) is 2.25. The molecule has 23 heavy (non-hydrogen) atoms. The first-order chi connectivity index (χ1) is 11.1. The van der Waals surface area contributed by atoms with Crippen molar-refractivity contribution in [1.29, 1.82) is 0 Å². The quantitative estimate of drug-likeness (QED) is 0.724. The van der Waals surface area contributed by atoms with E-state index in [4.69, 9.17) is 21.1 Å². The van der Waals surface area contributed by atoms with E-state index in [2.05, 4.69) is 20.4 Å². The first-order valence-electron chi connectivity index (χ1n) is 6.95. The van der Waals surface area contributed by atoms with Crippen LogP contribution in [0.5, 0.6) is 11.5 Å². The molecular weight excluding hydrogens is 318 g/mol. The minimum absolute atomic E-state index is 0.356. The Hall–Kier alpha value is -2.54. The number of nitrogens with one attached hydrogen (secondary N) is 1. The summed E-state index contributed by atoms with van der Waals surface area (Å²) in [5, 5.41) is 7.88. The minimum Gasteiger partial charge on any atom is -0.497 e. The van der Waals surface area contributed by atoms with Crippen molar-refractivity contribution in [2.24, 2.45) is 0 Å². The van der Waals surface area contributed by atoms with Gasteiger partial charge in [-0.15, -0.1) is 5.10 Å². The largest absolute Gasteiger partial charge is 0.497 e. The summed E-state index contributed by atoms with van der Waals surface area (Å²) in [6.45, 7) is 2.31. The molecule has 0 unspecified atom stereocenters. The highest BCUT2D eigenvalue weighted by Crippen LogP contribution is 2.25. The molecule has 1 aromatic carbocycles. The smallest absolute Gasteiger partial charge is 0.227 e. The van der Waals surface area contributed by atoms with Gasteiger partial charge >= 0.3 is 0 Å². The molecule has 2 aromatic heterocycles. The van der Waals surface area contributed by atoms with Gasteiger partial charge in [0.25, 0.3) is 0 Å². The van der Waals surface area contributed by atoms with Gasteiger partial charge in [-0.05, 0) is 19.1 Å².